The van der Waals surface area contributed by atoms with Gasteiger partial charge in [0.2, 0.25) is 0 Å². The minimum absolute atomic E-state index is 0.0810. The molecule has 1 unspecified atom stereocenters. The smallest absolute Gasteiger partial charge is 0.141 e. The first kappa shape index (κ1) is 8.28. The molecule has 0 heterocycles. The van der Waals surface area contributed by atoms with E-state index in [1.54, 1.807) is 0 Å². The highest BCUT2D eigenvalue weighted by molar-refractivity contribution is 5.89. The predicted molar refractivity (Wildman–Crippen MR) is 48.9 cm³/mol. The van der Waals surface area contributed by atoms with Crippen LogP contribution in [0.15, 0.2) is 0 Å². The van der Waals surface area contributed by atoms with Crippen LogP contribution in [0.1, 0.15) is 46.0 Å². The molecule has 0 radical (unpaired) electrons. The summed E-state index contributed by atoms with van der Waals surface area (Å²) in [5, 5.41) is 0. The number of rotatable bonds is 0. The Kier molecular flexibility index (Phi) is 1.78. The van der Waals surface area contributed by atoms with E-state index >= 15 is 0 Å². The number of carbonyl (C=O) groups is 1. The molecule has 0 spiro atoms. The van der Waals surface area contributed by atoms with Gasteiger partial charge in [0.25, 0.3) is 0 Å². The Morgan fingerprint density at radius 1 is 1.42 bits per heavy atom. The summed E-state index contributed by atoms with van der Waals surface area (Å²) < 4.78 is 0. The maximum absolute atomic E-state index is 11.9. The Hall–Kier alpha value is -0.330. The van der Waals surface area contributed by atoms with Crippen molar-refractivity contribution >= 4 is 5.78 Å². The van der Waals surface area contributed by atoms with E-state index in [9.17, 15) is 4.79 Å². The van der Waals surface area contributed by atoms with E-state index in [-0.39, 0.29) is 5.41 Å². The molecule has 0 amide bonds. The van der Waals surface area contributed by atoms with Crippen LogP contribution in [0, 0.1) is 17.3 Å². The standard InChI is InChI=1S/C11H18O/c1-8-7-9-5-3-4-6-11(9,2)10(8)12/h8-9H,3-7H2,1-2H3/t8?,9-,11+/m1/s1. The quantitative estimate of drug-likeness (QED) is 0.541. The second kappa shape index (κ2) is 2.58. The average molecular weight is 166 g/mol. The maximum Gasteiger partial charge on any atom is 0.141 e. The summed E-state index contributed by atoms with van der Waals surface area (Å²) in [4.78, 5) is 11.9. The number of carbonyl (C=O) groups excluding carboxylic acids is 1. The van der Waals surface area contributed by atoms with Crippen LogP contribution in [0.3, 0.4) is 0 Å². The molecule has 2 aliphatic carbocycles. The van der Waals surface area contributed by atoms with Gasteiger partial charge in [-0.15, -0.1) is 0 Å². The van der Waals surface area contributed by atoms with Crippen molar-refractivity contribution in [1.29, 1.82) is 0 Å². The zero-order valence-electron chi connectivity index (χ0n) is 8.10. The van der Waals surface area contributed by atoms with E-state index in [4.69, 9.17) is 0 Å². The normalized spacial score (nSPS) is 47.7. The first-order valence-corrected chi connectivity index (χ1v) is 5.19. The Labute approximate surface area is 74.5 Å². The largest absolute Gasteiger partial charge is 0.299 e. The van der Waals surface area contributed by atoms with Crippen molar-refractivity contribution in [2.75, 3.05) is 0 Å². The van der Waals surface area contributed by atoms with Gasteiger partial charge in [-0.25, -0.2) is 0 Å². The molecule has 1 nitrogen and oxygen atoms in total. The molecular formula is C11H18O. The number of fused-ring (bicyclic) bond motifs is 1. The van der Waals surface area contributed by atoms with E-state index in [0.29, 0.717) is 17.6 Å². The van der Waals surface area contributed by atoms with E-state index in [0.717, 1.165) is 12.8 Å². The summed E-state index contributed by atoms with van der Waals surface area (Å²) in [6, 6.07) is 0. The van der Waals surface area contributed by atoms with Crippen molar-refractivity contribution in [3.63, 3.8) is 0 Å². The molecule has 2 saturated carbocycles. The fourth-order valence-electron chi connectivity index (χ4n) is 3.20. The van der Waals surface area contributed by atoms with Crippen molar-refractivity contribution in [3.8, 4) is 0 Å². The van der Waals surface area contributed by atoms with Crippen LogP contribution in [-0.2, 0) is 4.79 Å². The molecular weight excluding hydrogens is 148 g/mol. The van der Waals surface area contributed by atoms with Crippen LogP contribution in [0.25, 0.3) is 0 Å². The number of Topliss-reactive ketones (excluding diaryl/α,β-unsaturated/α-hetero) is 1. The van der Waals surface area contributed by atoms with Crippen LogP contribution in [0.5, 0.6) is 0 Å². The molecule has 0 aromatic heterocycles. The summed E-state index contributed by atoms with van der Waals surface area (Å²) in [7, 11) is 0. The summed E-state index contributed by atoms with van der Waals surface area (Å²) in [5.41, 5.74) is 0.0810. The van der Waals surface area contributed by atoms with E-state index in [1.165, 1.54) is 19.3 Å². The third kappa shape index (κ3) is 0.949. The zero-order valence-corrected chi connectivity index (χ0v) is 8.10. The molecule has 0 aromatic rings. The van der Waals surface area contributed by atoms with Gasteiger partial charge in [0.15, 0.2) is 0 Å². The highest BCUT2D eigenvalue weighted by atomic mass is 16.1. The summed E-state index contributed by atoms with van der Waals surface area (Å²) in [6.45, 7) is 4.30. The zero-order chi connectivity index (χ0) is 8.77. The Balaban J connectivity index is 2.25. The molecule has 1 heteroatoms. The Morgan fingerprint density at radius 3 is 2.83 bits per heavy atom. The van der Waals surface area contributed by atoms with Gasteiger partial charge < -0.3 is 0 Å². The van der Waals surface area contributed by atoms with Crippen molar-refractivity contribution in [2.24, 2.45) is 17.3 Å². The second-order valence-corrected chi connectivity index (χ2v) is 4.86. The molecule has 12 heavy (non-hydrogen) atoms. The maximum atomic E-state index is 11.9. The van der Waals surface area contributed by atoms with Crippen molar-refractivity contribution in [3.05, 3.63) is 0 Å². The van der Waals surface area contributed by atoms with E-state index in [1.807, 2.05) is 0 Å². The Morgan fingerprint density at radius 2 is 2.17 bits per heavy atom. The second-order valence-electron chi connectivity index (χ2n) is 4.86. The molecule has 2 aliphatic rings. The molecule has 2 rings (SSSR count). The van der Waals surface area contributed by atoms with Gasteiger partial charge in [-0.05, 0) is 25.2 Å². The van der Waals surface area contributed by atoms with Crippen LogP contribution in [0.4, 0.5) is 0 Å². The first-order valence-electron chi connectivity index (χ1n) is 5.19. The van der Waals surface area contributed by atoms with Crippen molar-refractivity contribution in [2.45, 2.75) is 46.0 Å². The van der Waals surface area contributed by atoms with Gasteiger partial charge >= 0.3 is 0 Å². The number of ketones is 1. The summed E-state index contributed by atoms with van der Waals surface area (Å²) in [5.74, 6) is 1.61. The van der Waals surface area contributed by atoms with Crippen molar-refractivity contribution in [1.82, 2.24) is 0 Å². The minimum Gasteiger partial charge on any atom is -0.299 e. The third-order valence-corrected chi connectivity index (χ3v) is 4.05. The lowest BCUT2D eigenvalue weighted by Gasteiger charge is -2.34. The van der Waals surface area contributed by atoms with Crippen LogP contribution >= 0.6 is 0 Å². The minimum atomic E-state index is 0.0810. The molecule has 0 saturated heterocycles. The average Bonchev–Trinajstić information content (AvgIpc) is 2.28. The number of hydrogen-bond acceptors (Lipinski definition) is 1. The highest BCUT2D eigenvalue weighted by Gasteiger charge is 2.50. The van der Waals surface area contributed by atoms with E-state index < -0.39 is 0 Å². The summed E-state index contributed by atoms with van der Waals surface area (Å²) in [6.07, 6.45) is 6.23. The molecule has 0 bridgehead atoms. The van der Waals surface area contributed by atoms with Crippen LogP contribution in [0.2, 0.25) is 0 Å². The number of hydrogen-bond donors (Lipinski definition) is 0. The first-order chi connectivity index (χ1) is 5.64. The monoisotopic (exact) mass is 166 g/mol. The molecule has 0 aromatic carbocycles. The lowest BCUT2D eigenvalue weighted by atomic mass is 9.69. The lowest BCUT2D eigenvalue weighted by molar-refractivity contribution is -0.130. The van der Waals surface area contributed by atoms with Gasteiger partial charge in [-0.2, -0.15) is 0 Å². The third-order valence-electron chi connectivity index (χ3n) is 4.05. The van der Waals surface area contributed by atoms with Crippen LogP contribution in [-0.4, -0.2) is 5.78 Å². The fourth-order valence-corrected chi connectivity index (χ4v) is 3.20. The Bertz CT molecular complexity index is 209. The van der Waals surface area contributed by atoms with Crippen LogP contribution < -0.4 is 0 Å². The summed E-state index contributed by atoms with van der Waals surface area (Å²) >= 11 is 0. The highest BCUT2D eigenvalue weighted by Crippen LogP contribution is 2.51. The molecule has 68 valence electrons. The SMILES string of the molecule is CC1C[C@H]2CCCC[C@]2(C)C1=O. The molecule has 2 fully saturated rings. The van der Waals surface area contributed by atoms with Crippen molar-refractivity contribution < 1.29 is 4.79 Å². The van der Waals surface area contributed by atoms with Gasteiger partial charge in [-0.3, -0.25) is 4.79 Å². The van der Waals surface area contributed by atoms with Gasteiger partial charge in [0, 0.05) is 11.3 Å². The lowest BCUT2D eigenvalue weighted by Crippen LogP contribution is -2.32. The van der Waals surface area contributed by atoms with E-state index in [2.05, 4.69) is 13.8 Å². The van der Waals surface area contributed by atoms with Gasteiger partial charge in [0.05, 0.1) is 0 Å². The molecule has 0 N–H and O–H groups in total. The van der Waals surface area contributed by atoms with Gasteiger partial charge in [0.1, 0.15) is 5.78 Å². The molecule has 3 atom stereocenters. The van der Waals surface area contributed by atoms with Gasteiger partial charge in [-0.1, -0.05) is 26.7 Å². The molecule has 0 aliphatic heterocycles. The predicted octanol–water partition coefficient (Wildman–Crippen LogP) is 2.79. The fraction of sp³-hybridized carbons (Fsp3) is 0.909. The topological polar surface area (TPSA) is 17.1 Å².